The molecule has 0 spiro atoms. The molecule has 0 aliphatic heterocycles. The van der Waals surface area contributed by atoms with Crippen molar-refractivity contribution in [3.63, 3.8) is 0 Å². The molecule has 1 N–H and O–H groups in total. The summed E-state index contributed by atoms with van der Waals surface area (Å²) < 4.78 is 1.91. The van der Waals surface area contributed by atoms with Crippen LogP contribution in [-0.4, -0.2) is 15.5 Å². The maximum Gasteiger partial charge on any atom is 0.229 e. The van der Waals surface area contributed by atoms with Gasteiger partial charge in [0.05, 0.1) is 11.0 Å². The van der Waals surface area contributed by atoms with E-state index in [2.05, 4.69) is 10.3 Å². The largest absolute Gasteiger partial charge is 0.313 e. The van der Waals surface area contributed by atoms with Gasteiger partial charge < -0.3 is 4.57 Å². The quantitative estimate of drug-likeness (QED) is 0.832. The summed E-state index contributed by atoms with van der Waals surface area (Å²) in [5.41, 5.74) is 1.95. The van der Waals surface area contributed by atoms with Crippen molar-refractivity contribution in [1.82, 2.24) is 9.55 Å². The monoisotopic (exact) mass is 215 g/mol. The number of nitrogens with zero attached hydrogens (tertiary/aromatic N) is 2. The van der Waals surface area contributed by atoms with Crippen LogP contribution >= 0.6 is 0 Å². The summed E-state index contributed by atoms with van der Waals surface area (Å²) in [5, 5.41) is 2.87. The first-order chi connectivity index (χ1) is 7.75. The molecule has 4 heteroatoms. The molecule has 0 unspecified atom stereocenters. The van der Waals surface area contributed by atoms with Crippen LogP contribution in [0, 0.1) is 5.92 Å². The van der Waals surface area contributed by atoms with Gasteiger partial charge >= 0.3 is 0 Å². The van der Waals surface area contributed by atoms with Gasteiger partial charge in [0.25, 0.3) is 0 Å². The van der Waals surface area contributed by atoms with Gasteiger partial charge in [-0.05, 0) is 25.0 Å². The van der Waals surface area contributed by atoms with E-state index >= 15 is 0 Å². The highest BCUT2D eigenvalue weighted by molar-refractivity contribution is 5.94. The van der Waals surface area contributed by atoms with Gasteiger partial charge in [-0.3, -0.25) is 10.1 Å². The molecule has 3 rings (SSSR count). The van der Waals surface area contributed by atoms with E-state index in [1.807, 2.05) is 35.9 Å². The van der Waals surface area contributed by atoms with E-state index < -0.39 is 0 Å². The van der Waals surface area contributed by atoms with Gasteiger partial charge in [-0.15, -0.1) is 0 Å². The molecule has 1 fully saturated rings. The number of nitrogens with one attached hydrogen (secondary N) is 1. The van der Waals surface area contributed by atoms with Gasteiger partial charge in [0.1, 0.15) is 0 Å². The molecule has 4 nitrogen and oxygen atoms in total. The number of rotatable bonds is 2. The van der Waals surface area contributed by atoms with Crippen molar-refractivity contribution in [2.45, 2.75) is 12.8 Å². The van der Waals surface area contributed by atoms with Gasteiger partial charge in [-0.25, -0.2) is 4.98 Å². The number of imidazole rings is 1. The summed E-state index contributed by atoms with van der Waals surface area (Å²) in [6, 6.07) is 7.86. The average molecular weight is 215 g/mol. The summed E-state index contributed by atoms with van der Waals surface area (Å²) in [6.45, 7) is 0. The number of fused-ring (bicyclic) bond motifs is 1. The van der Waals surface area contributed by atoms with E-state index in [0.29, 0.717) is 5.95 Å². The van der Waals surface area contributed by atoms with Crippen molar-refractivity contribution in [3.8, 4) is 0 Å². The lowest BCUT2D eigenvalue weighted by atomic mass is 10.3. The van der Waals surface area contributed by atoms with Crippen LogP contribution in [0.15, 0.2) is 24.3 Å². The van der Waals surface area contributed by atoms with Crippen molar-refractivity contribution in [2.24, 2.45) is 13.0 Å². The minimum Gasteiger partial charge on any atom is -0.313 e. The number of anilines is 1. The Morgan fingerprint density at radius 2 is 2.19 bits per heavy atom. The van der Waals surface area contributed by atoms with Crippen molar-refractivity contribution < 1.29 is 4.79 Å². The molecular weight excluding hydrogens is 202 g/mol. The van der Waals surface area contributed by atoms with Crippen molar-refractivity contribution in [1.29, 1.82) is 0 Å². The van der Waals surface area contributed by atoms with Crippen LogP contribution < -0.4 is 5.32 Å². The van der Waals surface area contributed by atoms with Crippen LogP contribution in [0.25, 0.3) is 11.0 Å². The van der Waals surface area contributed by atoms with E-state index in [-0.39, 0.29) is 11.8 Å². The minimum atomic E-state index is 0.0957. The molecule has 0 radical (unpaired) electrons. The zero-order valence-corrected chi connectivity index (χ0v) is 9.10. The first-order valence-electron chi connectivity index (χ1n) is 5.48. The van der Waals surface area contributed by atoms with Gasteiger partial charge in [-0.1, -0.05) is 12.1 Å². The zero-order valence-electron chi connectivity index (χ0n) is 9.10. The van der Waals surface area contributed by atoms with E-state index in [0.717, 1.165) is 23.9 Å². The molecule has 1 heterocycles. The fraction of sp³-hybridized carbons (Fsp3) is 0.333. The standard InChI is InChI=1S/C12H13N3O/c1-15-10-5-3-2-4-9(10)13-12(15)14-11(16)8-6-7-8/h2-5,8H,6-7H2,1H3,(H,13,14,16). The van der Waals surface area contributed by atoms with Gasteiger partial charge in [0.15, 0.2) is 0 Å². The summed E-state index contributed by atoms with van der Waals surface area (Å²) in [7, 11) is 1.91. The fourth-order valence-electron chi connectivity index (χ4n) is 1.82. The predicted octanol–water partition coefficient (Wildman–Crippen LogP) is 1.92. The summed E-state index contributed by atoms with van der Waals surface area (Å²) in [5.74, 6) is 0.941. The molecule has 1 aromatic heterocycles. The normalized spacial score (nSPS) is 15.3. The summed E-state index contributed by atoms with van der Waals surface area (Å²) in [4.78, 5) is 16.0. The third kappa shape index (κ3) is 1.46. The molecule has 0 saturated heterocycles. The number of hydrogen-bond acceptors (Lipinski definition) is 2. The SMILES string of the molecule is Cn1c(NC(=O)C2CC2)nc2ccccc21. The summed E-state index contributed by atoms with van der Waals surface area (Å²) in [6.07, 6.45) is 2.02. The van der Waals surface area contributed by atoms with Crippen LogP contribution in [0.5, 0.6) is 0 Å². The first kappa shape index (κ1) is 9.39. The number of benzene rings is 1. The number of aromatic nitrogens is 2. The molecule has 82 valence electrons. The average Bonchev–Trinajstić information content (AvgIpc) is 3.08. The second-order valence-electron chi connectivity index (χ2n) is 4.25. The van der Waals surface area contributed by atoms with Gasteiger partial charge in [0.2, 0.25) is 11.9 Å². The Morgan fingerprint density at radius 1 is 1.44 bits per heavy atom. The highest BCUT2D eigenvalue weighted by Gasteiger charge is 2.30. The highest BCUT2D eigenvalue weighted by atomic mass is 16.2. The lowest BCUT2D eigenvalue weighted by Crippen LogP contribution is -2.16. The first-order valence-corrected chi connectivity index (χ1v) is 5.48. The molecule has 0 bridgehead atoms. The molecule has 1 amide bonds. The molecular formula is C12H13N3O. The van der Waals surface area contributed by atoms with Crippen LogP contribution in [0.2, 0.25) is 0 Å². The van der Waals surface area contributed by atoms with Crippen LogP contribution in [0.4, 0.5) is 5.95 Å². The second kappa shape index (κ2) is 3.33. The van der Waals surface area contributed by atoms with Gasteiger partial charge in [-0.2, -0.15) is 0 Å². The Bertz CT molecular complexity index is 554. The molecule has 1 aliphatic rings. The third-order valence-electron chi connectivity index (χ3n) is 2.97. The molecule has 1 aliphatic carbocycles. The number of carbonyl (C=O) groups excluding carboxylic acids is 1. The Labute approximate surface area is 93.3 Å². The molecule has 1 saturated carbocycles. The lowest BCUT2D eigenvalue weighted by Gasteiger charge is -2.03. The number of aryl methyl sites for hydroxylation is 1. The van der Waals surface area contributed by atoms with E-state index in [1.54, 1.807) is 0 Å². The van der Waals surface area contributed by atoms with Crippen molar-refractivity contribution in [3.05, 3.63) is 24.3 Å². The maximum absolute atomic E-state index is 11.6. The van der Waals surface area contributed by atoms with Crippen LogP contribution in [-0.2, 0) is 11.8 Å². The van der Waals surface area contributed by atoms with Crippen LogP contribution in [0.1, 0.15) is 12.8 Å². The maximum atomic E-state index is 11.6. The third-order valence-corrected chi connectivity index (χ3v) is 2.97. The zero-order chi connectivity index (χ0) is 11.1. The molecule has 2 aromatic rings. The van der Waals surface area contributed by atoms with Gasteiger partial charge in [0, 0.05) is 13.0 Å². The smallest absolute Gasteiger partial charge is 0.229 e. The predicted molar refractivity (Wildman–Crippen MR) is 62.1 cm³/mol. The van der Waals surface area contributed by atoms with Crippen molar-refractivity contribution >= 4 is 22.9 Å². The number of carbonyl (C=O) groups is 1. The highest BCUT2D eigenvalue weighted by Crippen LogP contribution is 2.30. The number of hydrogen-bond donors (Lipinski definition) is 1. The topological polar surface area (TPSA) is 46.9 Å². The Hall–Kier alpha value is -1.84. The Balaban J connectivity index is 1.96. The molecule has 16 heavy (non-hydrogen) atoms. The summed E-state index contributed by atoms with van der Waals surface area (Å²) >= 11 is 0. The number of para-hydroxylation sites is 2. The van der Waals surface area contributed by atoms with E-state index in [4.69, 9.17) is 0 Å². The second-order valence-corrected chi connectivity index (χ2v) is 4.25. The van der Waals surface area contributed by atoms with E-state index in [1.165, 1.54) is 0 Å². The van der Waals surface area contributed by atoms with Crippen LogP contribution in [0.3, 0.4) is 0 Å². The lowest BCUT2D eigenvalue weighted by molar-refractivity contribution is -0.117. The Morgan fingerprint density at radius 3 is 2.88 bits per heavy atom. The molecule has 1 aromatic carbocycles. The minimum absolute atomic E-state index is 0.0957. The van der Waals surface area contributed by atoms with Crippen molar-refractivity contribution in [2.75, 3.05) is 5.32 Å². The fourth-order valence-corrected chi connectivity index (χ4v) is 1.82. The molecule has 0 atom stereocenters. The van der Waals surface area contributed by atoms with E-state index in [9.17, 15) is 4.79 Å². The number of amides is 1. The Kier molecular flexibility index (Phi) is 1.96.